The number of fused-ring (bicyclic) bond motifs is 4. The van der Waals surface area contributed by atoms with E-state index in [1.807, 2.05) is 31.3 Å². The number of para-hydroxylation sites is 1. The second-order valence-corrected chi connectivity index (χ2v) is 8.18. The van der Waals surface area contributed by atoms with Crippen molar-refractivity contribution in [1.29, 1.82) is 0 Å². The topological polar surface area (TPSA) is 82.6 Å². The molecule has 27 heavy (non-hydrogen) atoms. The van der Waals surface area contributed by atoms with E-state index in [-0.39, 0.29) is 30.0 Å². The third kappa shape index (κ3) is 2.70. The van der Waals surface area contributed by atoms with Gasteiger partial charge in [-0.05, 0) is 37.9 Å². The number of ether oxygens (including phenoxy) is 1. The van der Waals surface area contributed by atoms with Crippen LogP contribution in [-0.4, -0.2) is 60.1 Å². The van der Waals surface area contributed by atoms with Gasteiger partial charge in [-0.15, -0.1) is 0 Å². The number of methoxy groups -OCH3 is 1. The number of piperidine rings is 1. The Bertz CT molecular complexity index is 903. The van der Waals surface area contributed by atoms with Gasteiger partial charge in [0.1, 0.15) is 0 Å². The van der Waals surface area contributed by atoms with Gasteiger partial charge < -0.3 is 19.7 Å². The van der Waals surface area contributed by atoms with Gasteiger partial charge >= 0.3 is 5.97 Å². The summed E-state index contributed by atoms with van der Waals surface area (Å²) in [6, 6.07) is 7.81. The number of nitrogens with zero attached hydrogens (tertiary/aromatic N) is 1. The maximum atomic E-state index is 13.2. The van der Waals surface area contributed by atoms with Crippen LogP contribution in [0.25, 0.3) is 10.9 Å². The highest BCUT2D eigenvalue weighted by molar-refractivity contribution is 6.03. The van der Waals surface area contributed by atoms with E-state index in [9.17, 15) is 14.7 Å². The summed E-state index contributed by atoms with van der Waals surface area (Å²) in [6.45, 7) is 2.92. The summed E-state index contributed by atoms with van der Waals surface area (Å²) in [7, 11) is 3.36. The lowest BCUT2D eigenvalue weighted by Crippen LogP contribution is -2.59. The molecule has 2 aromatic rings. The van der Waals surface area contributed by atoms with Gasteiger partial charge in [0.05, 0.1) is 24.3 Å². The first-order valence-electron chi connectivity index (χ1n) is 9.45. The van der Waals surface area contributed by atoms with Crippen LogP contribution in [0.4, 0.5) is 0 Å². The zero-order valence-electron chi connectivity index (χ0n) is 16.0. The van der Waals surface area contributed by atoms with Crippen LogP contribution in [-0.2, 0) is 16.0 Å². The molecule has 2 heterocycles. The fourth-order valence-electron chi connectivity index (χ4n) is 5.31. The van der Waals surface area contributed by atoms with Crippen molar-refractivity contribution in [3.05, 3.63) is 35.5 Å². The van der Waals surface area contributed by atoms with E-state index >= 15 is 0 Å². The maximum absolute atomic E-state index is 13.2. The van der Waals surface area contributed by atoms with Crippen molar-refractivity contribution >= 4 is 22.7 Å². The number of aliphatic hydroxyl groups excluding tert-OH is 1. The Labute approximate surface area is 158 Å². The molecule has 1 aliphatic heterocycles. The first-order valence-corrected chi connectivity index (χ1v) is 9.45. The van der Waals surface area contributed by atoms with E-state index < -0.39 is 11.5 Å². The number of rotatable bonds is 2. The van der Waals surface area contributed by atoms with Crippen LogP contribution in [0.1, 0.15) is 29.4 Å². The monoisotopic (exact) mass is 370 g/mol. The fourth-order valence-corrected chi connectivity index (χ4v) is 5.31. The van der Waals surface area contributed by atoms with Crippen molar-refractivity contribution in [2.24, 2.45) is 17.3 Å². The van der Waals surface area contributed by atoms with Crippen molar-refractivity contribution < 1.29 is 19.4 Å². The second-order valence-electron chi connectivity index (χ2n) is 8.18. The Morgan fingerprint density at radius 1 is 1.41 bits per heavy atom. The molecule has 4 atom stereocenters. The molecule has 0 spiro atoms. The number of esters is 1. The first kappa shape index (κ1) is 18.2. The van der Waals surface area contributed by atoms with Crippen molar-refractivity contribution in [1.82, 2.24) is 9.88 Å². The van der Waals surface area contributed by atoms with Gasteiger partial charge in [0, 0.05) is 36.3 Å². The summed E-state index contributed by atoms with van der Waals surface area (Å²) in [5, 5.41) is 11.4. The maximum Gasteiger partial charge on any atom is 0.313 e. The third-order valence-electron chi connectivity index (χ3n) is 6.50. The van der Waals surface area contributed by atoms with Gasteiger partial charge in [0.25, 0.3) is 0 Å². The fraction of sp³-hybridized carbons (Fsp3) is 0.524. The van der Waals surface area contributed by atoms with E-state index in [1.165, 1.54) is 7.11 Å². The number of aromatic nitrogens is 1. The molecule has 1 saturated heterocycles. The summed E-state index contributed by atoms with van der Waals surface area (Å²) in [6.07, 6.45) is 0.0594. The molecule has 1 aliphatic carbocycles. The van der Waals surface area contributed by atoms with Crippen LogP contribution in [0.5, 0.6) is 0 Å². The highest BCUT2D eigenvalue weighted by atomic mass is 16.5. The highest BCUT2D eigenvalue weighted by Crippen LogP contribution is 2.49. The lowest BCUT2D eigenvalue weighted by Gasteiger charge is -2.49. The average Bonchev–Trinajstić information content (AvgIpc) is 2.95. The van der Waals surface area contributed by atoms with Crippen molar-refractivity contribution in [2.45, 2.75) is 25.9 Å². The number of ketones is 1. The molecule has 6 heteroatoms. The van der Waals surface area contributed by atoms with Crippen LogP contribution in [0.3, 0.4) is 0 Å². The zero-order chi connectivity index (χ0) is 19.3. The van der Waals surface area contributed by atoms with Gasteiger partial charge in [0.15, 0.2) is 5.78 Å². The van der Waals surface area contributed by atoms with Crippen molar-refractivity contribution in [3.8, 4) is 0 Å². The van der Waals surface area contributed by atoms with Gasteiger partial charge in [-0.1, -0.05) is 18.2 Å². The summed E-state index contributed by atoms with van der Waals surface area (Å²) in [5.74, 6) is -0.710. The Balaban J connectivity index is 1.93. The average molecular weight is 370 g/mol. The molecule has 0 radical (unpaired) electrons. The number of hydrogen-bond donors (Lipinski definition) is 2. The van der Waals surface area contributed by atoms with Gasteiger partial charge in [-0.25, -0.2) is 0 Å². The van der Waals surface area contributed by atoms with E-state index in [0.29, 0.717) is 25.2 Å². The molecule has 6 nitrogen and oxygen atoms in total. The van der Waals surface area contributed by atoms with E-state index in [1.54, 1.807) is 6.92 Å². The van der Waals surface area contributed by atoms with Crippen molar-refractivity contribution in [2.75, 3.05) is 27.2 Å². The zero-order valence-corrected chi connectivity index (χ0v) is 16.0. The minimum atomic E-state index is -0.852. The van der Waals surface area contributed by atoms with E-state index in [4.69, 9.17) is 4.74 Å². The molecule has 1 aromatic heterocycles. The Hall–Kier alpha value is -2.18. The molecule has 0 amide bonds. The van der Waals surface area contributed by atoms with Crippen LogP contribution < -0.4 is 0 Å². The number of aromatic amines is 1. The molecule has 4 rings (SSSR count). The number of Topliss-reactive ketones (excluding diaryl/α,β-unsaturated/α-hetero) is 1. The van der Waals surface area contributed by atoms with E-state index in [0.717, 1.165) is 16.5 Å². The summed E-state index contributed by atoms with van der Waals surface area (Å²) >= 11 is 0. The van der Waals surface area contributed by atoms with Crippen LogP contribution in [0.2, 0.25) is 0 Å². The minimum Gasteiger partial charge on any atom is -0.469 e. The third-order valence-corrected chi connectivity index (χ3v) is 6.50. The number of nitrogens with one attached hydrogen (secondary N) is 1. The summed E-state index contributed by atoms with van der Waals surface area (Å²) in [4.78, 5) is 31.6. The number of carbonyl (C=O) groups excluding carboxylic acids is 2. The lowest BCUT2D eigenvalue weighted by atomic mass is 9.62. The normalized spacial score (nSPS) is 29.7. The smallest absolute Gasteiger partial charge is 0.313 e. The number of likely N-dealkylation sites (tertiary alicyclic amines) is 1. The standard InChI is InChI=1S/C21H26N2O4/c1-12(24)15-10-23(2)11-21(20(26)27-3)9-14-13-6-4-5-7-17(13)22-19(14)18(25)8-16(15)21/h4-7,12,15-16,22,24H,8-11H2,1-3H3/t12-,15-,16+,21+/m1/s1. The molecule has 1 aromatic carbocycles. The molecule has 1 fully saturated rings. The van der Waals surface area contributed by atoms with Crippen molar-refractivity contribution in [3.63, 3.8) is 0 Å². The molecule has 144 valence electrons. The molecular formula is C21H26N2O4. The summed E-state index contributed by atoms with van der Waals surface area (Å²) in [5.41, 5.74) is 1.55. The Kier molecular flexibility index (Phi) is 4.35. The number of H-pyrrole nitrogens is 1. The molecule has 2 aliphatic rings. The first-order chi connectivity index (χ1) is 12.9. The van der Waals surface area contributed by atoms with Gasteiger partial charge in [-0.3, -0.25) is 9.59 Å². The van der Waals surface area contributed by atoms with Crippen LogP contribution >= 0.6 is 0 Å². The second kappa shape index (κ2) is 6.46. The number of hydrogen-bond acceptors (Lipinski definition) is 5. The molecule has 0 saturated carbocycles. The van der Waals surface area contributed by atoms with E-state index in [2.05, 4.69) is 9.88 Å². The highest BCUT2D eigenvalue weighted by Gasteiger charge is 2.56. The minimum absolute atomic E-state index is 0.00665. The van der Waals surface area contributed by atoms with Crippen LogP contribution in [0, 0.1) is 17.3 Å². The quantitative estimate of drug-likeness (QED) is 0.791. The number of aliphatic hydroxyl groups is 1. The molecular weight excluding hydrogens is 344 g/mol. The summed E-state index contributed by atoms with van der Waals surface area (Å²) < 4.78 is 5.25. The largest absolute Gasteiger partial charge is 0.469 e. The van der Waals surface area contributed by atoms with Gasteiger partial charge in [0.2, 0.25) is 0 Å². The lowest BCUT2D eigenvalue weighted by molar-refractivity contribution is -0.166. The molecule has 0 bridgehead atoms. The van der Waals surface area contributed by atoms with Crippen LogP contribution in [0.15, 0.2) is 24.3 Å². The number of benzene rings is 1. The number of carbonyl (C=O) groups is 2. The Morgan fingerprint density at radius 2 is 2.15 bits per heavy atom. The Morgan fingerprint density at radius 3 is 2.85 bits per heavy atom. The predicted molar refractivity (Wildman–Crippen MR) is 102 cm³/mol. The SMILES string of the molecule is COC(=O)[C@]12Cc3c([nH]c4ccccc34)C(=O)C[C@H]1[C@@H]([C@@H](C)O)CN(C)C2. The molecule has 2 N–H and O–H groups in total. The molecule has 0 unspecified atom stereocenters. The van der Waals surface area contributed by atoms with Gasteiger partial charge in [-0.2, -0.15) is 0 Å². The predicted octanol–water partition coefficient (Wildman–Crippen LogP) is 2.01.